The van der Waals surface area contributed by atoms with Crippen LogP contribution in [0.1, 0.15) is 20.3 Å². The van der Waals surface area contributed by atoms with E-state index in [2.05, 4.69) is 9.46 Å². The van der Waals surface area contributed by atoms with E-state index in [1.54, 1.807) is 0 Å². The lowest BCUT2D eigenvalue weighted by Gasteiger charge is -2.14. The quantitative estimate of drug-likeness (QED) is 0.746. The van der Waals surface area contributed by atoms with E-state index in [1.165, 1.54) is 0 Å². The Morgan fingerprint density at radius 1 is 1.53 bits per heavy atom. The summed E-state index contributed by atoms with van der Waals surface area (Å²) < 4.78 is 30.7. The molecule has 15 heavy (non-hydrogen) atoms. The summed E-state index contributed by atoms with van der Waals surface area (Å²) in [5.41, 5.74) is 0. The number of carbonyl (C=O) groups excluding carboxylic acids is 1. The van der Waals surface area contributed by atoms with Gasteiger partial charge in [0.2, 0.25) is 0 Å². The molecule has 0 aromatic carbocycles. The molecule has 7 heteroatoms. The highest BCUT2D eigenvalue weighted by atomic mass is 32.2. The van der Waals surface area contributed by atoms with Gasteiger partial charge in [-0.25, -0.2) is 4.79 Å². The van der Waals surface area contributed by atoms with Crippen molar-refractivity contribution >= 4 is 16.3 Å². The predicted molar refractivity (Wildman–Crippen MR) is 54.4 cm³/mol. The van der Waals surface area contributed by atoms with Gasteiger partial charge in [-0.2, -0.15) is 17.4 Å². The van der Waals surface area contributed by atoms with Gasteiger partial charge in [-0.3, -0.25) is 0 Å². The fraction of sp³-hybridized carbons (Fsp3) is 0.875. The maximum atomic E-state index is 11.5. The van der Waals surface area contributed by atoms with Crippen LogP contribution in [-0.2, 0) is 14.9 Å². The van der Waals surface area contributed by atoms with Gasteiger partial charge in [0.05, 0.1) is 6.54 Å². The van der Waals surface area contributed by atoms with E-state index < -0.39 is 16.3 Å². The smallest absolute Gasteiger partial charge is 0.424 e. The van der Waals surface area contributed by atoms with Gasteiger partial charge >= 0.3 is 16.3 Å². The number of nitrogens with zero attached hydrogens (tertiary/aromatic N) is 1. The minimum Gasteiger partial charge on any atom is -0.447 e. The second-order valence-corrected chi connectivity index (χ2v) is 5.45. The summed E-state index contributed by atoms with van der Waals surface area (Å²) in [5.74, 6) is 0.415. The molecule has 0 saturated carbocycles. The molecule has 0 aromatic rings. The molecule has 1 saturated heterocycles. The Balaban J connectivity index is 2.48. The van der Waals surface area contributed by atoms with Crippen LogP contribution in [0.15, 0.2) is 0 Å². The lowest BCUT2D eigenvalue weighted by Crippen LogP contribution is -2.41. The van der Waals surface area contributed by atoms with Crippen LogP contribution >= 0.6 is 0 Å². The molecule has 1 rings (SSSR count). The molecule has 0 aromatic heterocycles. The number of rotatable bonds is 5. The second-order valence-electron chi connectivity index (χ2n) is 3.77. The standard InChI is InChI=1S/C8H16N2O4S/c1-7(2)3-4-9-15(12,13)10-5-6-14-8(10)11/h7,9H,3-6H2,1-2H3. The maximum absolute atomic E-state index is 11.5. The van der Waals surface area contributed by atoms with Gasteiger partial charge in [-0.05, 0) is 12.3 Å². The number of cyclic esters (lactones) is 1. The lowest BCUT2D eigenvalue weighted by atomic mass is 10.1. The van der Waals surface area contributed by atoms with E-state index in [9.17, 15) is 13.2 Å². The Morgan fingerprint density at radius 3 is 2.67 bits per heavy atom. The molecule has 1 fully saturated rings. The predicted octanol–water partition coefficient (Wildman–Crippen LogP) is 0.319. The Bertz CT molecular complexity index is 326. The van der Waals surface area contributed by atoms with Gasteiger partial charge in [-0.15, -0.1) is 0 Å². The van der Waals surface area contributed by atoms with Crippen LogP contribution in [-0.4, -0.2) is 38.5 Å². The molecule has 0 spiro atoms. The SMILES string of the molecule is CC(C)CCNS(=O)(=O)N1CCOC1=O. The van der Waals surface area contributed by atoms with E-state index >= 15 is 0 Å². The number of hydrogen-bond acceptors (Lipinski definition) is 4. The Morgan fingerprint density at radius 2 is 2.20 bits per heavy atom. The molecule has 88 valence electrons. The molecule has 1 aliphatic heterocycles. The molecule has 0 bridgehead atoms. The molecule has 6 nitrogen and oxygen atoms in total. The Hall–Kier alpha value is -0.820. The summed E-state index contributed by atoms with van der Waals surface area (Å²) in [6, 6.07) is 0. The average Bonchev–Trinajstić information content (AvgIpc) is 2.50. The first-order valence-electron chi connectivity index (χ1n) is 4.87. The van der Waals surface area contributed by atoms with E-state index in [-0.39, 0.29) is 13.2 Å². The molecule has 0 unspecified atom stereocenters. The minimum absolute atomic E-state index is 0.0931. The highest BCUT2D eigenvalue weighted by Gasteiger charge is 2.32. The highest BCUT2D eigenvalue weighted by molar-refractivity contribution is 7.87. The van der Waals surface area contributed by atoms with Gasteiger partial charge in [0.15, 0.2) is 0 Å². The number of hydrogen-bond donors (Lipinski definition) is 1. The van der Waals surface area contributed by atoms with Crippen LogP contribution in [0.3, 0.4) is 0 Å². The van der Waals surface area contributed by atoms with E-state index in [0.717, 1.165) is 6.42 Å². The third-order valence-corrected chi connectivity index (χ3v) is 3.50. The monoisotopic (exact) mass is 236 g/mol. The van der Waals surface area contributed by atoms with Crippen molar-refractivity contribution in [3.05, 3.63) is 0 Å². The second kappa shape index (κ2) is 4.80. The van der Waals surface area contributed by atoms with Crippen molar-refractivity contribution in [2.45, 2.75) is 20.3 Å². The Labute approximate surface area is 89.8 Å². The summed E-state index contributed by atoms with van der Waals surface area (Å²) in [4.78, 5) is 11.0. The van der Waals surface area contributed by atoms with Crippen molar-refractivity contribution in [2.24, 2.45) is 5.92 Å². The zero-order valence-electron chi connectivity index (χ0n) is 8.89. The van der Waals surface area contributed by atoms with Crippen LogP contribution in [0.25, 0.3) is 0 Å². The normalized spacial score (nSPS) is 17.3. The minimum atomic E-state index is -3.70. The van der Waals surface area contributed by atoms with Gasteiger partial charge in [0, 0.05) is 6.54 Å². The third kappa shape index (κ3) is 3.35. The molecule has 1 amide bonds. The summed E-state index contributed by atoms with van der Waals surface area (Å²) in [6.45, 7) is 4.56. The molecule has 1 aliphatic rings. The van der Waals surface area contributed by atoms with E-state index in [1.807, 2.05) is 13.8 Å². The number of nitrogens with one attached hydrogen (secondary N) is 1. The summed E-state index contributed by atoms with van der Waals surface area (Å²) in [5, 5.41) is 0. The summed E-state index contributed by atoms with van der Waals surface area (Å²) in [6.07, 6.45) is -0.0608. The number of carbonyl (C=O) groups is 1. The fourth-order valence-electron chi connectivity index (χ4n) is 1.15. The van der Waals surface area contributed by atoms with E-state index in [4.69, 9.17) is 0 Å². The first-order chi connectivity index (χ1) is 6.93. The fourth-order valence-corrected chi connectivity index (χ4v) is 2.25. The Kier molecular flexibility index (Phi) is 3.92. The molecule has 1 heterocycles. The number of amides is 1. The van der Waals surface area contributed by atoms with Crippen LogP contribution < -0.4 is 4.72 Å². The van der Waals surface area contributed by atoms with Crippen molar-refractivity contribution in [3.63, 3.8) is 0 Å². The summed E-state index contributed by atoms with van der Waals surface area (Å²) >= 11 is 0. The topological polar surface area (TPSA) is 75.7 Å². The van der Waals surface area contributed by atoms with Gasteiger partial charge in [0.1, 0.15) is 6.61 Å². The zero-order chi connectivity index (χ0) is 11.5. The van der Waals surface area contributed by atoms with Crippen LogP contribution in [0, 0.1) is 5.92 Å². The van der Waals surface area contributed by atoms with Crippen LogP contribution in [0.5, 0.6) is 0 Å². The number of ether oxygens (including phenoxy) is 1. The van der Waals surface area contributed by atoms with Crippen LogP contribution in [0.4, 0.5) is 4.79 Å². The molecular formula is C8H16N2O4S. The van der Waals surface area contributed by atoms with Crippen molar-refractivity contribution in [1.82, 2.24) is 9.03 Å². The zero-order valence-corrected chi connectivity index (χ0v) is 9.71. The van der Waals surface area contributed by atoms with Gasteiger partial charge in [-0.1, -0.05) is 13.8 Å². The first-order valence-corrected chi connectivity index (χ1v) is 6.31. The largest absolute Gasteiger partial charge is 0.447 e. The molecular weight excluding hydrogens is 220 g/mol. The molecule has 0 aliphatic carbocycles. The van der Waals surface area contributed by atoms with Crippen molar-refractivity contribution in [2.75, 3.05) is 19.7 Å². The highest BCUT2D eigenvalue weighted by Crippen LogP contribution is 2.08. The maximum Gasteiger partial charge on any atom is 0.424 e. The third-order valence-electron chi connectivity index (χ3n) is 2.02. The van der Waals surface area contributed by atoms with Crippen molar-refractivity contribution in [1.29, 1.82) is 0 Å². The molecule has 1 N–H and O–H groups in total. The van der Waals surface area contributed by atoms with Gasteiger partial charge in [0.25, 0.3) is 0 Å². The van der Waals surface area contributed by atoms with Crippen molar-refractivity contribution < 1.29 is 17.9 Å². The first kappa shape index (κ1) is 12.3. The molecule has 0 radical (unpaired) electrons. The van der Waals surface area contributed by atoms with E-state index in [0.29, 0.717) is 16.8 Å². The van der Waals surface area contributed by atoms with Gasteiger partial charge < -0.3 is 4.74 Å². The lowest BCUT2D eigenvalue weighted by molar-refractivity contribution is 0.169. The molecule has 0 atom stereocenters. The van der Waals surface area contributed by atoms with Crippen molar-refractivity contribution in [3.8, 4) is 0 Å². The average molecular weight is 236 g/mol. The van der Waals surface area contributed by atoms with Crippen LogP contribution in [0.2, 0.25) is 0 Å². The summed E-state index contributed by atoms with van der Waals surface area (Å²) in [7, 11) is -3.70.